The van der Waals surface area contributed by atoms with Crippen molar-refractivity contribution in [2.45, 2.75) is 43.0 Å². The Morgan fingerprint density at radius 3 is 2.55 bits per heavy atom. The highest BCUT2D eigenvalue weighted by molar-refractivity contribution is 14.1. The fraction of sp³-hybridized carbons (Fsp3) is 0.789. The second-order valence-corrected chi connectivity index (χ2v) is 8.74. The number of hydrogen-bond donors (Lipinski definition) is 2. The largest absolute Gasteiger partial charge is 0.463 e. The molecule has 29 heavy (non-hydrogen) atoms. The van der Waals surface area contributed by atoms with Gasteiger partial charge < -0.3 is 29.6 Å². The number of rotatable bonds is 16. The molecule has 2 amide bonds. The Labute approximate surface area is 190 Å². The highest BCUT2D eigenvalue weighted by Crippen LogP contribution is 2.33. The van der Waals surface area contributed by atoms with Gasteiger partial charge in [0, 0.05) is 17.4 Å². The fourth-order valence-electron chi connectivity index (χ4n) is 3.17. The third kappa shape index (κ3) is 10.3. The maximum atomic E-state index is 11.8. The first-order valence-corrected chi connectivity index (χ1v) is 12.3. The molecule has 2 aliphatic rings. The summed E-state index contributed by atoms with van der Waals surface area (Å²) in [4.78, 5) is 23.1. The Balaban J connectivity index is 1.33. The first-order valence-electron chi connectivity index (χ1n) is 10.0. The summed E-state index contributed by atoms with van der Waals surface area (Å²) in [6.07, 6.45) is 5.12. The average Bonchev–Trinajstić information content (AvgIpc) is 3.25. The molecule has 0 aromatic heterocycles. The number of urea groups is 1. The molecule has 2 fully saturated rings. The van der Waals surface area contributed by atoms with Crippen molar-refractivity contribution in [3.8, 4) is 0 Å². The van der Waals surface area contributed by atoms with Gasteiger partial charge in [0.1, 0.15) is 6.61 Å². The molecular weight excluding hydrogens is 511 g/mol. The van der Waals surface area contributed by atoms with E-state index < -0.39 is 0 Å². The van der Waals surface area contributed by atoms with Crippen LogP contribution in [-0.4, -0.2) is 81.3 Å². The molecule has 0 aliphatic carbocycles. The van der Waals surface area contributed by atoms with Crippen molar-refractivity contribution >= 4 is 46.4 Å². The number of fused-ring (bicyclic) bond motifs is 1. The van der Waals surface area contributed by atoms with Crippen LogP contribution in [0.2, 0.25) is 0 Å². The highest BCUT2D eigenvalue weighted by Gasteiger charge is 2.42. The predicted molar refractivity (Wildman–Crippen MR) is 121 cm³/mol. The van der Waals surface area contributed by atoms with Crippen LogP contribution < -0.4 is 10.6 Å². The Morgan fingerprint density at radius 2 is 1.79 bits per heavy atom. The first kappa shape index (κ1) is 24.7. The zero-order valence-electron chi connectivity index (χ0n) is 16.6. The summed E-state index contributed by atoms with van der Waals surface area (Å²) < 4.78 is 23.1. The topological polar surface area (TPSA) is 95.1 Å². The molecule has 8 nitrogen and oxygen atoms in total. The number of carbonyl (C=O) groups is 2. The maximum Gasteiger partial charge on any atom is 0.315 e. The monoisotopic (exact) mass is 542 g/mol. The van der Waals surface area contributed by atoms with Crippen LogP contribution in [-0.2, 0) is 23.7 Å². The molecule has 10 heteroatoms. The van der Waals surface area contributed by atoms with Crippen LogP contribution in [0.4, 0.5) is 4.79 Å². The number of carbonyl (C=O) groups excluding carboxylic acids is 2. The van der Waals surface area contributed by atoms with Crippen molar-refractivity contribution in [1.29, 1.82) is 0 Å². The molecule has 0 bridgehead atoms. The van der Waals surface area contributed by atoms with Crippen molar-refractivity contribution in [1.82, 2.24) is 10.6 Å². The van der Waals surface area contributed by atoms with Crippen molar-refractivity contribution < 1.29 is 28.5 Å². The maximum absolute atomic E-state index is 11.8. The number of halogens is 1. The summed E-state index contributed by atoms with van der Waals surface area (Å²) in [7, 11) is 0. The van der Waals surface area contributed by atoms with Crippen LogP contribution >= 0.6 is 34.4 Å². The van der Waals surface area contributed by atoms with E-state index in [0.717, 1.165) is 25.0 Å². The van der Waals surface area contributed by atoms with Gasteiger partial charge in [0.05, 0.1) is 51.7 Å². The quantitative estimate of drug-likeness (QED) is 0.134. The van der Waals surface area contributed by atoms with Gasteiger partial charge in [-0.2, -0.15) is 11.8 Å². The van der Waals surface area contributed by atoms with E-state index in [2.05, 4.69) is 33.2 Å². The first-order chi connectivity index (χ1) is 14.2. The summed E-state index contributed by atoms with van der Waals surface area (Å²) >= 11 is 4.04. The summed E-state index contributed by atoms with van der Waals surface area (Å²) in [5.74, 6) is 0.779. The van der Waals surface area contributed by atoms with Crippen molar-refractivity contribution in [2.24, 2.45) is 0 Å². The molecule has 3 atom stereocenters. The molecule has 2 rings (SSSR count). The van der Waals surface area contributed by atoms with Gasteiger partial charge >= 0.3 is 12.0 Å². The van der Waals surface area contributed by atoms with E-state index >= 15 is 0 Å². The van der Waals surface area contributed by atoms with Crippen LogP contribution in [0.15, 0.2) is 10.2 Å². The lowest BCUT2D eigenvalue weighted by molar-refractivity contribution is -0.145. The molecule has 2 heterocycles. The number of hydrogen-bond acceptors (Lipinski definition) is 7. The Morgan fingerprint density at radius 1 is 1.07 bits per heavy atom. The standard InChI is InChI=1S/C19H31IN2O6S/c20-6-3-7-25-8-9-26-10-11-27-12-13-28-17(23)5-2-1-4-16-18-15(14-29-16)21-19(24)22-18/h3,6,15-16,18H,1-2,4-5,7-14H2,(H2,21,22,24)/b6-3+/t15-,16-,18-/m0/s1. The van der Waals surface area contributed by atoms with E-state index in [0.29, 0.717) is 51.3 Å². The second-order valence-electron chi connectivity index (χ2n) is 6.75. The molecule has 0 saturated carbocycles. The van der Waals surface area contributed by atoms with Gasteiger partial charge in [-0.3, -0.25) is 4.79 Å². The van der Waals surface area contributed by atoms with Crippen molar-refractivity contribution in [3.05, 3.63) is 10.2 Å². The molecule has 0 radical (unpaired) electrons. The zero-order chi connectivity index (χ0) is 20.7. The minimum atomic E-state index is -0.185. The third-order valence-electron chi connectivity index (χ3n) is 4.60. The highest BCUT2D eigenvalue weighted by atomic mass is 127. The number of unbranched alkanes of at least 4 members (excludes halogenated alkanes) is 1. The molecule has 0 aromatic carbocycles. The summed E-state index contributed by atoms with van der Waals surface area (Å²) in [5, 5.41) is 6.36. The van der Waals surface area contributed by atoms with Gasteiger partial charge in [-0.25, -0.2) is 4.79 Å². The van der Waals surface area contributed by atoms with Crippen LogP contribution in [0.3, 0.4) is 0 Å². The number of ether oxygens (including phenoxy) is 4. The van der Waals surface area contributed by atoms with Gasteiger partial charge in [0.25, 0.3) is 0 Å². The normalized spacial score (nSPS) is 23.2. The van der Waals surface area contributed by atoms with Gasteiger partial charge in [0.2, 0.25) is 0 Å². The molecule has 166 valence electrons. The zero-order valence-corrected chi connectivity index (χ0v) is 19.6. The minimum absolute atomic E-state index is 0.0588. The fourth-order valence-corrected chi connectivity index (χ4v) is 4.92. The van der Waals surface area contributed by atoms with Crippen molar-refractivity contribution in [2.75, 3.05) is 52.0 Å². The lowest BCUT2D eigenvalue weighted by Gasteiger charge is -2.16. The number of amides is 2. The average molecular weight is 542 g/mol. The summed E-state index contributed by atoms with van der Waals surface area (Å²) in [6, 6.07) is 0.423. The van der Waals surface area contributed by atoms with Crippen LogP contribution in [0.1, 0.15) is 25.7 Å². The second kappa shape index (κ2) is 15.3. The Bertz CT molecular complexity index is 525. The predicted octanol–water partition coefficient (Wildman–Crippen LogP) is 2.25. The lowest BCUT2D eigenvalue weighted by atomic mass is 10.0. The SMILES string of the molecule is O=C1N[C@H]2[C@H](CS[C@H]2CCCCC(=O)OCCOCCOCCOC/C=C/I)N1. The molecular formula is C19H31IN2O6S. The summed E-state index contributed by atoms with van der Waals surface area (Å²) in [5.41, 5.74) is 0. The molecule has 0 unspecified atom stereocenters. The minimum Gasteiger partial charge on any atom is -0.463 e. The van der Waals surface area contributed by atoms with E-state index in [1.165, 1.54) is 0 Å². The number of esters is 1. The molecule has 0 aromatic rings. The van der Waals surface area contributed by atoms with Gasteiger partial charge in [-0.05, 0) is 16.9 Å². The van der Waals surface area contributed by atoms with Crippen molar-refractivity contribution in [3.63, 3.8) is 0 Å². The molecule has 2 saturated heterocycles. The Kier molecular flexibility index (Phi) is 13.0. The van der Waals surface area contributed by atoms with E-state index in [1.807, 2.05) is 21.9 Å². The Hall–Kier alpha value is -0.560. The van der Waals surface area contributed by atoms with Crippen LogP contribution in [0.5, 0.6) is 0 Å². The van der Waals surface area contributed by atoms with E-state index in [-0.39, 0.29) is 30.7 Å². The summed E-state index contributed by atoms with van der Waals surface area (Å²) in [6.45, 7) is 3.31. The van der Waals surface area contributed by atoms with Crippen LogP contribution in [0, 0.1) is 0 Å². The van der Waals surface area contributed by atoms with E-state index in [9.17, 15) is 9.59 Å². The molecule has 2 N–H and O–H groups in total. The van der Waals surface area contributed by atoms with Gasteiger partial charge in [0.15, 0.2) is 0 Å². The smallest absolute Gasteiger partial charge is 0.315 e. The number of thioether (sulfide) groups is 1. The molecule has 0 spiro atoms. The molecule has 2 aliphatic heterocycles. The third-order valence-corrected chi connectivity index (χ3v) is 6.61. The van der Waals surface area contributed by atoms with Gasteiger partial charge in [-0.15, -0.1) is 0 Å². The lowest BCUT2D eigenvalue weighted by Crippen LogP contribution is -2.36. The van der Waals surface area contributed by atoms with E-state index in [1.54, 1.807) is 0 Å². The number of nitrogens with one attached hydrogen (secondary N) is 2. The van der Waals surface area contributed by atoms with E-state index in [4.69, 9.17) is 18.9 Å². The van der Waals surface area contributed by atoms with Crippen LogP contribution in [0.25, 0.3) is 0 Å². The van der Waals surface area contributed by atoms with Gasteiger partial charge in [-0.1, -0.05) is 35.1 Å².